The smallest absolute Gasteiger partial charge is 0.257 e. The molecule has 1 atom stereocenters. The van der Waals surface area contributed by atoms with E-state index in [1.807, 2.05) is 11.8 Å². The van der Waals surface area contributed by atoms with E-state index in [9.17, 15) is 4.79 Å². The van der Waals surface area contributed by atoms with Crippen molar-refractivity contribution in [2.24, 2.45) is 0 Å². The Morgan fingerprint density at radius 2 is 1.77 bits per heavy atom. The minimum atomic E-state index is 0.0568. The maximum absolute atomic E-state index is 12.7. The fraction of sp³-hybridized carbons (Fsp3) is 0.476. The van der Waals surface area contributed by atoms with E-state index < -0.39 is 0 Å². The molecule has 1 amide bonds. The van der Waals surface area contributed by atoms with Crippen molar-refractivity contribution < 1.29 is 4.79 Å². The lowest BCUT2D eigenvalue weighted by Crippen LogP contribution is -2.53. The average Bonchev–Trinajstić information content (AvgIpc) is 2.73. The van der Waals surface area contributed by atoms with Crippen molar-refractivity contribution >= 4 is 5.91 Å². The van der Waals surface area contributed by atoms with E-state index in [-0.39, 0.29) is 5.91 Å². The van der Waals surface area contributed by atoms with Crippen LogP contribution in [0.1, 0.15) is 40.7 Å². The third kappa shape index (κ3) is 3.49. The molecule has 4 rings (SSSR count). The maximum atomic E-state index is 12.7. The third-order valence-electron chi connectivity index (χ3n) is 5.71. The predicted molar refractivity (Wildman–Crippen MR) is 101 cm³/mol. The molecule has 1 aromatic heterocycles. The molecule has 0 N–H and O–H groups in total. The molecule has 0 spiro atoms. The highest BCUT2D eigenvalue weighted by molar-refractivity contribution is 5.93. The van der Waals surface area contributed by atoms with Gasteiger partial charge in [-0.05, 0) is 30.4 Å². The van der Waals surface area contributed by atoms with Crippen LogP contribution < -0.4 is 0 Å². The molecule has 2 aliphatic rings. The molecule has 2 heterocycles. The number of benzene rings is 1. The van der Waals surface area contributed by atoms with Crippen molar-refractivity contribution in [1.29, 1.82) is 0 Å². The number of hydrogen-bond acceptors (Lipinski definition) is 4. The van der Waals surface area contributed by atoms with Crippen LogP contribution in [0.3, 0.4) is 0 Å². The second kappa shape index (κ2) is 7.54. The quantitative estimate of drug-likeness (QED) is 0.853. The zero-order valence-corrected chi connectivity index (χ0v) is 15.4. The molecule has 1 aromatic carbocycles. The Kier molecular flexibility index (Phi) is 4.98. The lowest BCUT2D eigenvalue weighted by molar-refractivity contribution is 0.0552. The fourth-order valence-corrected chi connectivity index (χ4v) is 4.11. The Labute approximate surface area is 155 Å². The first-order valence-corrected chi connectivity index (χ1v) is 9.65. The first-order valence-electron chi connectivity index (χ1n) is 9.65. The van der Waals surface area contributed by atoms with Gasteiger partial charge in [-0.1, -0.05) is 31.2 Å². The van der Waals surface area contributed by atoms with Crippen LogP contribution >= 0.6 is 0 Å². The van der Waals surface area contributed by atoms with Gasteiger partial charge in [-0.25, -0.2) is 9.97 Å². The average molecular weight is 350 g/mol. The van der Waals surface area contributed by atoms with Crippen LogP contribution in [-0.2, 0) is 19.3 Å². The van der Waals surface area contributed by atoms with Crippen LogP contribution in [0.25, 0.3) is 0 Å². The van der Waals surface area contributed by atoms with Gasteiger partial charge in [0.15, 0.2) is 0 Å². The van der Waals surface area contributed by atoms with Crippen LogP contribution in [0.2, 0.25) is 0 Å². The highest BCUT2D eigenvalue weighted by Gasteiger charge is 2.29. The standard InChI is InChI=1S/C21H26N4O/c1-2-20-22-14-18(15-23-20)21(26)25-11-9-24(10-12-25)19-8-7-16-5-3-4-6-17(16)13-19/h3-6,14-15,19H,2,7-13H2,1H3. The van der Waals surface area contributed by atoms with Crippen LogP contribution in [0.15, 0.2) is 36.7 Å². The maximum Gasteiger partial charge on any atom is 0.257 e. The second-order valence-corrected chi connectivity index (χ2v) is 7.24. The predicted octanol–water partition coefficient (Wildman–Crippen LogP) is 2.35. The van der Waals surface area contributed by atoms with Gasteiger partial charge in [-0.3, -0.25) is 9.69 Å². The summed E-state index contributed by atoms with van der Waals surface area (Å²) in [6, 6.07) is 9.41. The van der Waals surface area contributed by atoms with Crippen LogP contribution in [0.4, 0.5) is 0 Å². The molecule has 1 aliphatic carbocycles. The van der Waals surface area contributed by atoms with E-state index in [1.165, 1.54) is 24.0 Å². The van der Waals surface area contributed by atoms with Gasteiger partial charge in [0.25, 0.3) is 5.91 Å². The number of carbonyl (C=O) groups is 1. The molecule has 26 heavy (non-hydrogen) atoms. The van der Waals surface area contributed by atoms with E-state index in [1.54, 1.807) is 12.4 Å². The van der Waals surface area contributed by atoms with Gasteiger partial charge in [0, 0.05) is 51.0 Å². The molecular formula is C21H26N4O. The number of rotatable bonds is 3. The lowest BCUT2D eigenvalue weighted by atomic mass is 9.87. The second-order valence-electron chi connectivity index (χ2n) is 7.24. The Bertz CT molecular complexity index is 766. The molecule has 2 aromatic rings. The number of piperazine rings is 1. The van der Waals surface area contributed by atoms with E-state index in [4.69, 9.17) is 0 Å². The molecule has 136 valence electrons. The number of aryl methyl sites for hydroxylation is 2. The van der Waals surface area contributed by atoms with Crippen molar-refractivity contribution in [2.75, 3.05) is 26.2 Å². The molecule has 5 heteroatoms. The highest BCUT2D eigenvalue weighted by atomic mass is 16.2. The number of aromatic nitrogens is 2. The van der Waals surface area contributed by atoms with Gasteiger partial charge in [0.2, 0.25) is 0 Å². The summed E-state index contributed by atoms with van der Waals surface area (Å²) in [5, 5.41) is 0. The van der Waals surface area contributed by atoms with Gasteiger partial charge in [0.1, 0.15) is 5.82 Å². The van der Waals surface area contributed by atoms with Gasteiger partial charge in [0.05, 0.1) is 5.56 Å². The molecule has 1 unspecified atom stereocenters. The van der Waals surface area contributed by atoms with Crippen molar-refractivity contribution in [3.8, 4) is 0 Å². The van der Waals surface area contributed by atoms with Crippen LogP contribution in [-0.4, -0.2) is 57.9 Å². The first kappa shape index (κ1) is 17.2. The third-order valence-corrected chi connectivity index (χ3v) is 5.71. The molecule has 5 nitrogen and oxygen atoms in total. The molecule has 1 aliphatic heterocycles. The summed E-state index contributed by atoms with van der Waals surface area (Å²) >= 11 is 0. The molecule has 1 saturated heterocycles. The molecule has 1 fully saturated rings. The number of fused-ring (bicyclic) bond motifs is 1. The van der Waals surface area contributed by atoms with Crippen molar-refractivity contribution in [2.45, 2.75) is 38.6 Å². The van der Waals surface area contributed by atoms with Crippen molar-refractivity contribution in [3.63, 3.8) is 0 Å². The Morgan fingerprint density at radius 1 is 1.08 bits per heavy atom. The Morgan fingerprint density at radius 3 is 2.46 bits per heavy atom. The van der Waals surface area contributed by atoms with Crippen LogP contribution in [0.5, 0.6) is 0 Å². The minimum Gasteiger partial charge on any atom is -0.336 e. The Balaban J connectivity index is 1.34. The monoisotopic (exact) mass is 350 g/mol. The molecular weight excluding hydrogens is 324 g/mol. The Hall–Kier alpha value is -2.27. The summed E-state index contributed by atoms with van der Waals surface area (Å²) < 4.78 is 0. The number of hydrogen-bond donors (Lipinski definition) is 0. The summed E-state index contributed by atoms with van der Waals surface area (Å²) in [4.78, 5) is 25.7. The van der Waals surface area contributed by atoms with E-state index >= 15 is 0 Å². The highest BCUT2D eigenvalue weighted by Crippen LogP contribution is 2.25. The van der Waals surface area contributed by atoms with Crippen LogP contribution in [0, 0.1) is 0 Å². The van der Waals surface area contributed by atoms with Gasteiger partial charge in [-0.2, -0.15) is 0 Å². The topological polar surface area (TPSA) is 49.3 Å². The van der Waals surface area contributed by atoms with Crippen molar-refractivity contribution in [1.82, 2.24) is 19.8 Å². The number of amides is 1. The molecule has 0 saturated carbocycles. The van der Waals surface area contributed by atoms with Crippen molar-refractivity contribution in [3.05, 3.63) is 59.2 Å². The summed E-state index contributed by atoms with van der Waals surface area (Å²) in [6.07, 6.45) is 7.64. The minimum absolute atomic E-state index is 0.0568. The van der Waals surface area contributed by atoms with E-state index in [0.717, 1.165) is 44.8 Å². The van der Waals surface area contributed by atoms with Gasteiger partial charge >= 0.3 is 0 Å². The SMILES string of the molecule is CCc1ncc(C(=O)N2CCN(C3CCc4ccccc4C3)CC2)cn1. The summed E-state index contributed by atoms with van der Waals surface area (Å²) in [5.41, 5.74) is 3.60. The van der Waals surface area contributed by atoms with Gasteiger partial charge in [-0.15, -0.1) is 0 Å². The fourth-order valence-electron chi connectivity index (χ4n) is 4.11. The largest absolute Gasteiger partial charge is 0.336 e. The van der Waals surface area contributed by atoms with E-state index in [0.29, 0.717) is 11.6 Å². The molecule has 0 bridgehead atoms. The summed E-state index contributed by atoms with van der Waals surface area (Å²) in [7, 11) is 0. The first-order chi connectivity index (χ1) is 12.7. The van der Waals surface area contributed by atoms with Gasteiger partial charge < -0.3 is 4.90 Å². The summed E-state index contributed by atoms with van der Waals surface area (Å²) in [6.45, 7) is 5.48. The lowest BCUT2D eigenvalue weighted by Gasteiger charge is -2.41. The van der Waals surface area contributed by atoms with E-state index in [2.05, 4.69) is 39.1 Å². The zero-order valence-electron chi connectivity index (χ0n) is 15.4. The molecule has 0 radical (unpaired) electrons. The number of nitrogens with zero attached hydrogens (tertiary/aromatic N) is 4. The zero-order chi connectivity index (χ0) is 17.9. The summed E-state index contributed by atoms with van der Waals surface area (Å²) in [5.74, 6) is 0.838. The number of carbonyl (C=O) groups excluding carboxylic acids is 1. The normalized spacial score (nSPS) is 20.7.